The Kier molecular flexibility index (Phi) is 3.56. The van der Waals surface area contributed by atoms with Crippen molar-refractivity contribution in [1.29, 1.82) is 0 Å². The van der Waals surface area contributed by atoms with Crippen molar-refractivity contribution < 1.29 is 0 Å². The zero-order chi connectivity index (χ0) is 18.7. The largest absolute Gasteiger partial charge is 0.398 e. The van der Waals surface area contributed by atoms with E-state index in [0.29, 0.717) is 0 Å². The van der Waals surface area contributed by atoms with Gasteiger partial charge in [0.15, 0.2) is 0 Å². The predicted molar refractivity (Wildman–Crippen MR) is 113 cm³/mol. The lowest BCUT2D eigenvalue weighted by molar-refractivity contribution is 0.590. The van der Waals surface area contributed by atoms with Crippen LogP contribution >= 0.6 is 0 Å². The summed E-state index contributed by atoms with van der Waals surface area (Å²) < 4.78 is 0. The van der Waals surface area contributed by atoms with Crippen molar-refractivity contribution in [2.75, 3.05) is 5.73 Å². The molecule has 3 aromatic rings. The van der Waals surface area contributed by atoms with Gasteiger partial charge in [0.2, 0.25) is 0 Å². The van der Waals surface area contributed by atoms with Crippen molar-refractivity contribution in [3.05, 3.63) is 77.4 Å². The van der Waals surface area contributed by atoms with Crippen LogP contribution in [-0.4, -0.2) is 0 Å². The van der Waals surface area contributed by atoms with Gasteiger partial charge in [-0.2, -0.15) is 0 Å². The summed E-state index contributed by atoms with van der Waals surface area (Å²) in [4.78, 5) is 0. The molecule has 0 saturated heterocycles. The minimum atomic E-state index is -0.0350. The maximum atomic E-state index is 6.45. The van der Waals surface area contributed by atoms with Crippen molar-refractivity contribution in [3.8, 4) is 22.3 Å². The van der Waals surface area contributed by atoms with E-state index in [9.17, 15) is 0 Å². The highest BCUT2D eigenvalue weighted by molar-refractivity contribution is 5.91. The number of benzene rings is 3. The molecule has 0 atom stereocenters. The lowest BCUT2D eigenvalue weighted by Gasteiger charge is -2.26. The third kappa shape index (κ3) is 2.38. The third-order valence-electron chi connectivity index (χ3n) is 5.79. The molecule has 26 heavy (non-hydrogen) atoms. The molecule has 0 aliphatic heterocycles. The second-order valence-corrected chi connectivity index (χ2v) is 8.95. The minimum absolute atomic E-state index is 0.0350. The molecular formula is C25H27N. The summed E-state index contributed by atoms with van der Waals surface area (Å²) in [5.41, 5.74) is 16.5. The van der Waals surface area contributed by atoms with E-state index in [1.165, 1.54) is 33.4 Å². The quantitative estimate of drug-likeness (QED) is 0.500. The van der Waals surface area contributed by atoms with Crippen LogP contribution in [0.4, 0.5) is 5.69 Å². The molecule has 0 spiro atoms. The molecule has 3 aromatic carbocycles. The van der Waals surface area contributed by atoms with Gasteiger partial charge in [0.05, 0.1) is 0 Å². The zero-order valence-corrected chi connectivity index (χ0v) is 16.4. The fourth-order valence-corrected chi connectivity index (χ4v) is 4.33. The van der Waals surface area contributed by atoms with E-state index in [0.717, 1.165) is 11.3 Å². The number of fused-ring (bicyclic) bond motifs is 3. The molecule has 2 N–H and O–H groups in total. The van der Waals surface area contributed by atoms with Crippen LogP contribution in [0.1, 0.15) is 51.3 Å². The van der Waals surface area contributed by atoms with Gasteiger partial charge < -0.3 is 5.73 Å². The summed E-state index contributed by atoms with van der Waals surface area (Å²) in [6.45, 7) is 11.4. The molecule has 0 fully saturated rings. The molecule has 4 rings (SSSR count). The normalized spacial score (nSPS) is 14.8. The second-order valence-electron chi connectivity index (χ2n) is 8.95. The monoisotopic (exact) mass is 341 g/mol. The standard InChI is InChI=1S/C25H27N/c1-24(2,3)16-13-14-22(26)20(15-16)19-11-8-10-18-17-9-6-7-12-21(17)25(4,5)23(18)19/h6-15H,26H2,1-5H3. The third-order valence-corrected chi connectivity index (χ3v) is 5.79. The van der Waals surface area contributed by atoms with Gasteiger partial charge in [-0.15, -0.1) is 0 Å². The molecule has 132 valence electrons. The summed E-state index contributed by atoms with van der Waals surface area (Å²) in [5, 5.41) is 0. The van der Waals surface area contributed by atoms with Crippen LogP contribution in [0, 0.1) is 0 Å². The molecule has 0 unspecified atom stereocenters. The molecule has 1 aliphatic rings. The Labute approximate surface area is 156 Å². The van der Waals surface area contributed by atoms with Crippen LogP contribution in [0.5, 0.6) is 0 Å². The molecule has 0 saturated carbocycles. The molecule has 0 heterocycles. The highest BCUT2D eigenvalue weighted by Gasteiger charge is 2.37. The lowest BCUT2D eigenvalue weighted by Crippen LogP contribution is -2.17. The van der Waals surface area contributed by atoms with Crippen LogP contribution < -0.4 is 5.73 Å². The molecular weight excluding hydrogens is 314 g/mol. The smallest absolute Gasteiger partial charge is 0.0394 e. The molecule has 1 heteroatoms. The second kappa shape index (κ2) is 5.48. The van der Waals surface area contributed by atoms with Crippen LogP contribution in [0.15, 0.2) is 60.7 Å². The van der Waals surface area contributed by atoms with Crippen LogP contribution in [0.2, 0.25) is 0 Å². The fraction of sp³-hybridized carbons (Fsp3) is 0.280. The van der Waals surface area contributed by atoms with Crippen molar-refractivity contribution >= 4 is 5.69 Å². The first-order chi connectivity index (χ1) is 12.2. The summed E-state index contributed by atoms with van der Waals surface area (Å²) >= 11 is 0. The van der Waals surface area contributed by atoms with Crippen molar-refractivity contribution in [2.45, 2.75) is 45.4 Å². The number of nitrogen functional groups attached to an aromatic ring is 1. The Morgan fingerprint density at radius 1 is 0.731 bits per heavy atom. The summed E-state index contributed by atoms with van der Waals surface area (Å²) in [6.07, 6.45) is 0. The topological polar surface area (TPSA) is 26.0 Å². The number of anilines is 1. The Balaban J connectivity index is 2.01. The zero-order valence-electron chi connectivity index (χ0n) is 16.4. The van der Waals surface area contributed by atoms with E-state index in [1.54, 1.807) is 0 Å². The van der Waals surface area contributed by atoms with Crippen molar-refractivity contribution in [1.82, 2.24) is 0 Å². The van der Waals surface area contributed by atoms with Gasteiger partial charge >= 0.3 is 0 Å². The molecule has 1 aliphatic carbocycles. The number of hydrogen-bond donors (Lipinski definition) is 1. The first-order valence-corrected chi connectivity index (χ1v) is 9.35. The summed E-state index contributed by atoms with van der Waals surface area (Å²) in [6, 6.07) is 21.9. The van der Waals surface area contributed by atoms with Gasteiger partial charge in [-0.25, -0.2) is 0 Å². The van der Waals surface area contributed by atoms with Crippen molar-refractivity contribution in [2.24, 2.45) is 0 Å². The average Bonchev–Trinajstić information content (AvgIpc) is 2.83. The van der Waals surface area contributed by atoms with Crippen LogP contribution in [0.3, 0.4) is 0 Å². The van der Waals surface area contributed by atoms with E-state index < -0.39 is 0 Å². The molecule has 1 nitrogen and oxygen atoms in total. The molecule has 0 bridgehead atoms. The van der Waals surface area contributed by atoms with E-state index in [2.05, 4.69) is 95.3 Å². The highest BCUT2D eigenvalue weighted by atomic mass is 14.6. The Bertz CT molecular complexity index is 1000. The van der Waals surface area contributed by atoms with Gasteiger partial charge in [0.25, 0.3) is 0 Å². The molecule has 0 radical (unpaired) electrons. The van der Waals surface area contributed by atoms with E-state index >= 15 is 0 Å². The van der Waals surface area contributed by atoms with Gasteiger partial charge in [0, 0.05) is 16.7 Å². The fourth-order valence-electron chi connectivity index (χ4n) is 4.33. The first kappa shape index (κ1) is 16.9. The van der Waals surface area contributed by atoms with Gasteiger partial charge in [0.1, 0.15) is 0 Å². The predicted octanol–water partition coefficient (Wildman–Crippen LogP) is 6.54. The van der Waals surface area contributed by atoms with E-state index in [-0.39, 0.29) is 10.8 Å². The Morgan fingerprint density at radius 2 is 1.35 bits per heavy atom. The van der Waals surface area contributed by atoms with Gasteiger partial charge in [-0.3, -0.25) is 0 Å². The van der Waals surface area contributed by atoms with Crippen LogP contribution in [-0.2, 0) is 10.8 Å². The number of rotatable bonds is 1. The van der Waals surface area contributed by atoms with E-state index in [1.807, 2.05) is 0 Å². The number of nitrogens with two attached hydrogens (primary N) is 1. The number of hydrogen-bond acceptors (Lipinski definition) is 1. The van der Waals surface area contributed by atoms with E-state index in [4.69, 9.17) is 5.73 Å². The summed E-state index contributed by atoms with van der Waals surface area (Å²) in [7, 11) is 0. The molecule has 0 amide bonds. The Hall–Kier alpha value is -2.54. The Morgan fingerprint density at radius 3 is 2.04 bits per heavy atom. The van der Waals surface area contributed by atoms with Gasteiger partial charge in [-0.05, 0) is 50.9 Å². The first-order valence-electron chi connectivity index (χ1n) is 9.35. The average molecular weight is 341 g/mol. The van der Waals surface area contributed by atoms with Gasteiger partial charge in [-0.1, -0.05) is 83.1 Å². The maximum absolute atomic E-state index is 6.45. The lowest BCUT2D eigenvalue weighted by atomic mass is 9.77. The highest BCUT2D eigenvalue weighted by Crippen LogP contribution is 2.52. The maximum Gasteiger partial charge on any atom is 0.0394 e. The summed E-state index contributed by atoms with van der Waals surface area (Å²) in [5.74, 6) is 0. The van der Waals surface area contributed by atoms with Crippen molar-refractivity contribution in [3.63, 3.8) is 0 Å². The molecule has 0 aromatic heterocycles. The minimum Gasteiger partial charge on any atom is -0.398 e. The SMILES string of the molecule is CC(C)(C)c1ccc(N)c(-c2cccc3c2C(C)(C)c2ccccc2-3)c1. The van der Waals surface area contributed by atoms with Crippen LogP contribution in [0.25, 0.3) is 22.3 Å².